The van der Waals surface area contributed by atoms with E-state index in [0.29, 0.717) is 21.7 Å². The van der Waals surface area contributed by atoms with Crippen LogP contribution in [0, 0.1) is 0 Å². The monoisotopic (exact) mass is 457 g/mol. The van der Waals surface area contributed by atoms with Crippen LogP contribution in [0.5, 0.6) is 0 Å². The van der Waals surface area contributed by atoms with Crippen molar-refractivity contribution in [2.24, 2.45) is 0 Å². The van der Waals surface area contributed by atoms with E-state index in [1.54, 1.807) is 18.2 Å². The summed E-state index contributed by atoms with van der Waals surface area (Å²) in [7, 11) is 4.55. The maximum Gasteiger partial charge on any atom is 0.255 e. The highest BCUT2D eigenvalue weighted by atomic mass is 35.5. The summed E-state index contributed by atoms with van der Waals surface area (Å²) in [5, 5.41) is 3.70. The largest absolute Gasteiger partial charge is 0.381 e. The molecular weight excluding hydrogens is 431 g/mol. The van der Waals surface area contributed by atoms with Crippen molar-refractivity contribution < 1.29 is 14.0 Å². The van der Waals surface area contributed by atoms with Crippen LogP contribution in [0.25, 0.3) is 0 Å². The van der Waals surface area contributed by atoms with Crippen molar-refractivity contribution in [1.29, 1.82) is 0 Å². The average molecular weight is 459 g/mol. The molecule has 0 spiro atoms. The smallest absolute Gasteiger partial charge is 0.255 e. The van der Waals surface area contributed by atoms with Gasteiger partial charge in [0.05, 0.1) is 43.4 Å². The van der Waals surface area contributed by atoms with Crippen molar-refractivity contribution in [3.8, 4) is 0 Å². The van der Waals surface area contributed by atoms with Gasteiger partial charge in [-0.1, -0.05) is 35.3 Å². The van der Waals surface area contributed by atoms with Gasteiger partial charge in [-0.05, 0) is 30.3 Å². The Hall–Kier alpha value is -1.30. The van der Waals surface area contributed by atoms with Gasteiger partial charge in [-0.3, -0.25) is 4.79 Å². The molecule has 1 heterocycles. The number of carbonyl (C=O) groups is 1. The van der Waals surface area contributed by atoms with Gasteiger partial charge in [0.25, 0.3) is 5.91 Å². The van der Waals surface area contributed by atoms with Crippen LogP contribution in [-0.2, 0) is 11.3 Å². The maximum absolute atomic E-state index is 12.4. The van der Waals surface area contributed by atoms with Crippen LogP contribution in [0.3, 0.4) is 0 Å². The number of halogens is 3. The fraction of sp³-hybridized carbons (Fsp3) is 0.409. The SMILES string of the molecule is CCl.C[N+](C)(Cc1ccc(NC(=O)c2ccc(Cl)c(Cl)c2)cc1)C1CCOCC1. The number of hydrogen-bond donors (Lipinski definition) is 1. The molecule has 1 aliphatic heterocycles. The van der Waals surface area contributed by atoms with Gasteiger partial charge >= 0.3 is 0 Å². The summed E-state index contributed by atoms with van der Waals surface area (Å²) in [6.45, 7) is 2.66. The fourth-order valence-corrected chi connectivity index (χ4v) is 3.82. The lowest BCUT2D eigenvalue weighted by Crippen LogP contribution is -2.50. The minimum atomic E-state index is -0.209. The van der Waals surface area contributed by atoms with Gasteiger partial charge in [0.15, 0.2) is 0 Å². The third kappa shape index (κ3) is 6.87. The zero-order valence-corrected chi connectivity index (χ0v) is 19.3. The highest BCUT2D eigenvalue weighted by Crippen LogP contribution is 2.24. The maximum atomic E-state index is 12.4. The quantitative estimate of drug-likeness (QED) is 0.450. The van der Waals surface area contributed by atoms with Gasteiger partial charge in [0.2, 0.25) is 0 Å². The van der Waals surface area contributed by atoms with Crippen LogP contribution < -0.4 is 5.32 Å². The van der Waals surface area contributed by atoms with Crippen LogP contribution in [0.15, 0.2) is 42.5 Å². The third-order valence-electron chi connectivity index (χ3n) is 5.16. The van der Waals surface area contributed by atoms with E-state index in [0.717, 1.165) is 42.8 Å². The van der Waals surface area contributed by atoms with E-state index in [2.05, 4.69) is 43.1 Å². The first-order valence-electron chi connectivity index (χ1n) is 9.49. The van der Waals surface area contributed by atoms with Gasteiger partial charge in [-0.25, -0.2) is 0 Å². The van der Waals surface area contributed by atoms with Crippen LogP contribution in [0.1, 0.15) is 28.8 Å². The number of rotatable bonds is 5. The van der Waals surface area contributed by atoms with Crippen molar-refractivity contribution in [3.05, 3.63) is 63.6 Å². The van der Waals surface area contributed by atoms with Crippen molar-refractivity contribution in [1.82, 2.24) is 0 Å². The lowest BCUT2D eigenvalue weighted by Gasteiger charge is -2.40. The molecule has 2 aromatic carbocycles. The Labute approximate surface area is 188 Å². The first-order valence-corrected chi connectivity index (χ1v) is 11.0. The van der Waals surface area contributed by atoms with Crippen LogP contribution in [0.2, 0.25) is 10.0 Å². The van der Waals surface area contributed by atoms with Crippen molar-refractivity contribution in [2.75, 3.05) is 39.0 Å². The van der Waals surface area contributed by atoms with Gasteiger partial charge in [-0.2, -0.15) is 0 Å². The van der Waals surface area contributed by atoms with E-state index < -0.39 is 0 Å². The summed E-state index contributed by atoms with van der Waals surface area (Å²) in [5.74, 6) is -0.209. The minimum absolute atomic E-state index is 0.209. The first kappa shape index (κ1) is 24.0. The number of carbonyl (C=O) groups excluding carboxylic acids is 1. The van der Waals surface area contributed by atoms with E-state index >= 15 is 0 Å². The fourth-order valence-electron chi connectivity index (χ4n) is 3.52. The molecular formula is C22H28Cl3N2O2+. The Morgan fingerprint density at radius 2 is 1.66 bits per heavy atom. The summed E-state index contributed by atoms with van der Waals surface area (Å²) in [4.78, 5) is 12.4. The molecule has 1 amide bonds. The molecule has 29 heavy (non-hydrogen) atoms. The lowest BCUT2D eigenvalue weighted by molar-refractivity contribution is -0.929. The Kier molecular flexibility index (Phi) is 9.25. The Morgan fingerprint density at radius 3 is 2.24 bits per heavy atom. The number of ether oxygens (including phenoxy) is 1. The molecule has 1 fully saturated rings. The second-order valence-electron chi connectivity index (χ2n) is 7.56. The number of alkyl halides is 1. The van der Waals surface area contributed by atoms with Gasteiger partial charge in [0.1, 0.15) is 6.54 Å². The molecule has 1 saturated heterocycles. The number of nitrogens with zero attached hydrogens (tertiary/aromatic N) is 1. The first-order chi connectivity index (χ1) is 13.8. The van der Waals surface area contributed by atoms with Crippen LogP contribution in [-0.4, -0.2) is 50.1 Å². The second kappa shape index (κ2) is 11.2. The summed E-state index contributed by atoms with van der Waals surface area (Å²) < 4.78 is 6.43. The average Bonchev–Trinajstić information content (AvgIpc) is 2.73. The van der Waals surface area contributed by atoms with Gasteiger partial charge < -0.3 is 14.5 Å². The predicted octanol–water partition coefficient (Wildman–Crippen LogP) is 5.86. The predicted molar refractivity (Wildman–Crippen MR) is 122 cm³/mol. The summed E-state index contributed by atoms with van der Waals surface area (Å²) in [6.07, 6.45) is 3.68. The molecule has 0 saturated carbocycles. The molecule has 0 aliphatic carbocycles. The molecule has 0 aromatic heterocycles. The van der Waals surface area contributed by atoms with E-state index in [1.807, 2.05) is 12.1 Å². The Bertz CT molecular complexity index is 804. The number of anilines is 1. The standard InChI is InChI=1S/C21H24Cl2N2O2.CH3Cl/c1-25(2,18-9-11-27-12-10-18)14-15-3-6-17(7-4-15)24-21(26)16-5-8-19(22)20(23)13-16;1-2/h3-8,13,18H,9-12,14H2,1-2H3;1H3/p+1. The molecule has 0 radical (unpaired) electrons. The lowest BCUT2D eigenvalue weighted by atomic mass is 10.0. The van der Waals surface area contributed by atoms with Gasteiger partial charge in [-0.15, -0.1) is 11.6 Å². The number of nitrogens with one attached hydrogen (secondary N) is 1. The molecule has 7 heteroatoms. The summed E-state index contributed by atoms with van der Waals surface area (Å²) in [5.41, 5.74) is 2.48. The number of amides is 1. The van der Waals surface area contributed by atoms with Crippen LogP contribution in [0.4, 0.5) is 5.69 Å². The highest BCUT2D eigenvalue weighted by Gasteiger charge is 2.30. The summed E-state index contributed by atoms with van der Waals surface area (Å²) in [6, 6.07) is 13.5. The molecule has 3 rings (SSSR count). The molecule has 0 atom stereocenters. The van der Waals surface area contributed by atoms with Crippen LogP contribution >= 0.6 is 34.8 Å². The molecule has 1 N–H and O–H groups in total. The molecule has 1 aliphatic rings. The van der Waals surface area contributed by atoms with Crippen molar-refractivity contribution in [2.45, 2.75) is 25.4 Å². The van der Waals surface area contributed by atoms with E-state index in [-0.39, 0.29) is 5.91 Å². The number of quaternary nitrogens is 1. The van der Waals surface area contributed by atoms with E-state index in [4.69, 9.17) is 27.9 Å². The second-order valence-corrected chi connectivity index (χ2v) is 8.37. The minimum Gasteiger partial charge on any atom is -0.381 e. The zero-order chi connectivity index (χ0) is 21.4. The topological polar surface area (TPSA) is 38.3 Å². The number of hydrogen-bond acceptors (Lipinski definition) is 2. The Balaban J connectivity index is 0.00000145. The molecule has 0 unspecified atom stereocenters. The number of benzene rings is 2. The van der Waals surface area contributed by atoms with Crippen molar-refractivity contribution >= 4 is 46.4 Å². The Morgan fingerprint density at radius 1 is 1.03 bits per heavy atom. The molecule has 0 bridgehead atoms. The summed E-state index contributed by atoms with van der Waals surface area (Å²) >= 11 is 16.5. The zero-order valence-electron chi connectivity index (χ0n) is 17.1. The van der Waals surface area contributed by atoms with Crippen molar-refractivity contribution in [3.63, 3.8) is 0 Å². The molecule has 2 aromatic rings. The third-order valence-corrected chi connectivity index (χ3v) is 5.90. The van der Waals surface area contributed by atoms with E-state index in [9.17, 15) is 4.79 Å². The molecule has 158 valence electrons. The van der Waals surface area contributed by atoms with E-state index in [1.165, 1.54) is 11.9 Å². The highest BCUT2D eigenvalue weighted by molar-refractivity contribution is 6.42. The molecule has 4 nitrogen and oxygen atoms in total. The van der Waals surface area contributed by atoms with Gasteiger partial charge in [0, 0.05) is 36.0 Å². The normalized spacial score (nSPS) is 14.7.